The maximum atomic E-state index is 6.43. The lowest BCUT2D eigenvalue weighted by Gasteiger charge is -2.16. The van der Waals surface area contributed by atoms with Gasteiger partial charge in [0.15, 0.2) is 11.5 Å². The number of nitrogens with zero attached hydrogens (tertiary/aromatic N) is 1. The molecule has 3 rings (SSSR count). The quantitative estimate of drug-likeness (QED) is 0.763. The highest BCUT2D eigenvalue weighted by atomic mass is 35.5. The van der Waals surface area contributed by atoms with Gasteiger partial charge in [-0.1, -0.05) is 23.7 Å². The van der Waals surface area contributed by atoms with Gasteiger partial charge >= 0.3 is 0 Å². The summed E-state index contributed by atoms with van der Waals surface area (Å²) in [6, 6.07) is 9.87. The molecule has 0 saturated heterocycles. The molecule has 26 heavy (non-hydrogen) atoms. The number of ether oxygens (including phenoxy) is 3. The van der Waals surface area contributed by atoms with Gasteiger partial charge in [0.25, 0.3) is 0 Å². The van der Waals surface area contributed by atoms with Crippen LogP contribution in [0.2, 0.25) is 5.02 Å². The van der Waals surface area contributed by atoms with Crippen molar-refractivity contribution in [2.75, 3.05) is 41.0 Å². The van der Waals surface area contributed by atoms with Crippen molar-refractivity contribution in [1.82, 2.24) is 4.90 Å². The molecule has 1 aliphatic rings. The number of likely N-dealkylation sites (N-methyl/N-ethyl adjacent to an activating group) is 1. The summed E-state index contributed by atoms with van der Waals surface area (Å²) in [7, 11) is 5.46. The first-order chi connectivity index (χ1) is 12.6. The Hall–Kier alpha value is -1.91. The van der Waals surface area contributed by atoms with Gasteiger partial charge in [0, 0.05) is 35.7 Å². The van der Waals surface area contributed by atoms with Crippen molar-refractivity contribution in [3.8, 4) is 17.2 Å². The minimum Gasteiger partial charge on any atom is -0.493 e. The Morgan fingerprint density at radius 1 is 0.962 bits per heavy atom. The van der Waals surface area contributed by atoms with Crippen LogP contribution in [0.1, 0.15) is 16.7 Å². The number of fused-ring (bicyclic) bond motifs is 1. The molecule has 140 valence electrons. The second-order valence-electron chi connectivity index (χ2n) is 6.56. The third-order valence-electron chi connectivity index (χ3n) is 4.93. The Labute approximate surface area is 160 Å². The number of halogens is 1. The molecular formula is C21H26ClNO3. The second-order valence-corrected chi connectivity index (χ2v) is 6.96. The molecule has 0 spiro atoms. The van der Waals surface area contributed by atoms with Gasteiger partial charge in [0.1, 0.15) is 5.75 Å². The van der Waals surface area contributed by atoms with Gasteiger partial charge < -0.3 is 19.1 Å². The molecule has 0 aromatic heterocycles. The molecule has 0 fully saturated rings. The van der Waals surface area contributed by atoms with Crippen LogP contribution in [0.5, 0.6) is 17.2 Å². The predicted molar refractivity (Wildman–Crippen MR) is 105 cm³/mol. The molecule has 0 atom stereocenters. The lowest BCUT2D eigenvalue weighted by Crippen LogP contribution is -2.20. The molecule has 0 saturated carbocycles. The largest absolute Gasteiger partial charge is 0.493 e. The average Bonchev–Trinajstić information content (AvgIpc) is 2.86. The first-order valence-electron chi connectivity index (χ1n) is 8.95. The zero-order valence-electron chi connectivity index (χ0n) is 15.7. The smallest absolute Gasteiger partial charge is 0.164 e. The van der Waals surface area contributed by atoms with E-state index in [1.807, 2.05) is 30.3 Å². The van der Waals surface area contributed by atoms with E-state index in [9.17, 15) is 0 Å². The molecule has 5 heteroatoms. The molecule has 2 aromatic rings. The SMILES string of the molecule is COc1cccc(CCOc2ccc(Cl)c3c2CCN(C)CC3)c1OC. The van der Waals surface area contributed by atoms with E-state index in [1.165, 1.54) is 11.1 Å². The van der Waals surface area contributed by atoms with Crippen LogP contribution in [0, 0.1) is 0 Å². The fourth-order valence-corrected chi connectivity index (χ4v) is 3.73. The van der Waals surface area contributed by atoms with Crippen molar-refractivity contribution in [2.24, 2.45) is 0 Å². The number of hydrogen-bond donors (Lipinski definition) is 0. The highest BCUT2D eigenvalue weighted by Gasteiger charge is 2.18. The Bertz CT molecular complexity index is 763. The summed E-state index contributed by atoms with van der Waals surface area (Å²) in [5.41, 5.74) is 3.55. The number of methoxy groups -OCH3 is 2. The Morgan fingerprint density at radius 3 is 2.46 bits per heavy atom. The Morgan fingerprint density at radius 2 is 1.73 bits per heavy atom. The molecular weight excluding hydrogens is 350 g/mol. The highest BCUT2D eigenvalue weighted by Crippen LogP contribution is 2.33. The average molecular weight is 376 g/mol. The molecule has 0 radical (unpaired) electrons. The van der Waals surface area contributed by atoms with Gasteiger partial charge in [-0.2, -0.15) is 0 Å². The van der Waals surface area contributed by atoms with Crippen LogP contribution in [-0.4, -0.2) is 45.9 Å². The number of para-hydroxylation sites is 1. The zero-order chi connectivity index (χ0) is 18.5. The van der Waals surface area contributed by atoms with E-state index < -0.39 is 0 Å². The van der Waals surface area contributed by atoms with Crippen molar-refractivity contribution < 1.29 is 14.2 Å². The van der Waals surface area contributed by atoms with E-state index in [2.05, 4.69) is 11.9 Å². The first kappa shape index (κ1) is 18.9. The summed E-state index contributed by atoms with van der Waals surface area (Å²) >= 11 is 6.43. The molecule has 0 amide bonds. The summed E-state index contributed by atoms with van der Waals surface area (Å²) in [5.74, 6) is 2.46. The van der Waals surface area contributed by atoms with Gasteiger partial charge in [-0.05, 0) is 43.7 Å². The van der Waals surface area contributed by atoms with E-state index in [-0.39, 0.29) is 0 Å². The molecule has 0 bridgehead atoms. The summed E-state index contributed by atoms with van der Waals surface area (Å²) < 4.78 is 17.0. The van der Waals surface area contributed by atoms with Crippen LogP contribution in [0.4, 0.5) is 0 Å². The Kier molecular flexibility index (Phi) is 6.28. The number of rotatable bonds is 6. The van der Waals surface area contributed by atoms with Crippen molar-refractivity contribution in [3.05, 3.63) is 52.0 Å². The van der Waals surface area contributed by atoms with E-state index in [0.717, 1.165) is 60.2 Å². The van der Waals surface area contributed by atoms with Crippen LogP contribution < -0.4 is 14.2 Å². The highest BCUT2D eigenvalue weighted by molar-refractivity contribution is 6.31. The van der Waals surface area contributed by atoms with E-state index in [1.54, 1.807) is 14.2 Å². The van der Waals surface area contributed by atoms with E-state index >= 15 is 0 Å². The number of benzene rings is 2. The van der Waals surface area contributed by atoms with Crippen molar-refractivity contribution in [3.63, 3.8) is 0 Å². The van der Waals surface area contributed by atoms with Gasteiger partial charge in [0.2, 0.25) is 0 Å². The summed E-state index contributed by atoms with van der Waals surface area (Å²) in [6.07, 6.45) is 2.67. The topological polar surface area (TPSA) is 30.9 Å². The van der Waals surface area contributed by atoms with Crippen LogP contribution in [-0.2, 0) is 19.3 Å². The summed E-state index contributed by atoms with van der Waals surface area (Å²) in [5, 5.41) is 0.845. The molecule has 4 nitrogen and oxygen atoms in total. The predicted octanol–water partition coefficient (Wildman–Crippen LogP) is 4.01. The van der Waals surface area contributed by atoms with Crippen molar-refractivity contribution >= 4 is 11.6 Å². The standard InChI is InChI=1S/C21H26ClNO3/c1-23-12-9-16-17(10-13-23)19(8-7-18(16)22)26-14-11-15-5-4-6-20(24-2)21(15)25-3/h4-8H,9-14H2,1-3H3. The minimum atomic E-state index is 0.577. The minimum absolute atomic E-state index is 0.577. The van der Waals surface area contributed by atoms with Crippen LogP contribution in [0.3, 0.4) is 0 Å². The fourth-order valence-electron chi connectivity index (χ4n) is 3.46. The first-order valence-corrected chi connectivity index (χ1v) is 9.33. The molecule has 0 unspecified atom stereocenters. The van der Waals surface area contributed by atoms with Gasteiger partial charge in [-0.3, -0.25) is 0 Å². The second kappa shape index (κ2) is 8.65. The molecule has 0 aliphatic carbocycles. The third-order valence-corrected chi connectivity index (χ3v) is 5.29. The lowest BCUT2D eigenvalue weighted by atomic mass is 10.0. The van der Waals surface area contributed by atoms with Crippen molar-refractivity contribution in [2.45, 2.75) is 19.3 Å². The fraction of sp³-hybridized carbons (Fsp3) is 0.429. The normalized spacial score (nSPS) is 14.5. The zero-order valence-corrected chi connectivity index (χ0v) is 16.4. The maximum Gasteiger partial charge on any atom is 0.164 e. The lowest BCUT2D eigenvalue weighted by molar-refractivity contribution is 0.310. The van der Waals surface area contributed by atoms with E-state index in [4.69, 9.17) is 25.8 Å². The van der Waals surface area contributed by atoms with Gasteiger partial charge in [-0.25, -0.2) is 0 Å². The molecule has 1 heterocycles. The van der Waals surface area contributed by atoms with Crippen LogP contribution in [0.25, 0.3) is 0 Å². The monoisotopic (exact) mass is 375 g/mol. The molecule has 0 N–H and O–H groups in total. The number of hydrogen-bond acceptors (Lipinski definition) is 4. The van der Waals surface area contributed by atoms with E-state index in [0.29, 0.717) is 6.61 Å². The van der Waals surface area contributed by atoms with Crippen LogP contribution >= 0.6 is 11.6 Å². The third kappa shape index (κ3) is 4.08. The molecule has 2 aromatic carbocycles. The van der Waals surface area contributed by atoms with Crippen molar-refractivity contribution in [1.29, 1.82) is 0 Å². The molecule has 1 aliphatic heterocycles. The summed E-state index contributed by atoms with van der Waals surface area (Å²) in [6.45, 7) is 2.62. The van der Waals surface area contributed by atoms with Gasteiger partial charge in [0.05, 0.1) is 20.8 Å². The van der Waals surface area contributed by atoms with Crippen LogP contribution in [0.15, 0.2) is 30.3 Å². The Balaban J connectivity index is 1.74. The summed E-state index contributed by atoms with van der Waals surface area (Å²) in [4.78, 5) is 2.33. The maximum absolute atomic E-state index is 6.43. The van der Waals surface area contributed by atoms with Gasteiger partial charge in [-0.15, -0.1) is 0 Å².